The molecule has 1 unspecified atom stereocenters. The minimum absolute atomic E-state index is 0.0312. The van der Waals surface area contributed by atoms with E-state index < -0.39 is 6.23 Å². The second-order valence-electron chi connectivity index (χ2n) is 1.69. The number of rotatable bonds is 0. The van der Waals surface area contributed by atoms with Crippen molar-refractivity contribution < 1.29 is 9.90 Å². The van der Waals surface area contributed by atoms with Gasteiger partial charge in [0.05, 0.1) is 6.42 Å². The van der Waals surface area contributed by atoms with Gasteiger partial charge in [-0.3, -0.25) is 4.79 Å². The van der Waals surface area contributed by atoms with Crippen LogP contribution in [0, 0.1) is 0 Å². The quantitative estimate of drug-likeness (QED) is 0.440. The van der Waals surface area contributed by atoms with E-state index in [0.717, 1.165) is 0 Å². The van der Waals surface area contributed by atoms with Crippen LogP contribution in [-0.4, -0.2) is 17.1 Å². The van der Waals surface area contributed by atoms with E-state index in [2.05, 4.69) is 5.32 Å². The maximum atomic E-state index is 10.4. The average Bonchev–Trinajstić information content (AvgIpc) is 1.64. The molecule has 0 aromatic heterocycles. The number of hydrogen-bond acceptors (Lipinski definition) is 3. The fraction of sp³-hybridized carbons (Fsp3) is 0.400. The molecule has 0 aromatic carbocycles. The molecule has 1 atom stereocenters. The van der Waals surface area contributed by atoms with Crippen molar-refractivity contribution in [3.05, 3.63) is 12.3 Å². The van der Waals surface area contributed by atoms with Crippen LogP contribution >= 0.6 is 0 Å². The molecule has 0 saturated heterocycles. The Bertz CT molecular complexity index is 130. The van der Waals surface area contributed by atoms with E-state index in [1.54, 1.807) is 0 Å². The Kier molecular flexibility index (Phi) is 1.30. The summed E-state index contributed by atoms with van der Waals surface area (Å²) in [6.45, 7) is 0. The highest BCUT2D eigenvalue weighted by atomic mass is 16.3. The topological polar surface area (TPSA) is 49.3 Å². The molecule has 0 fully saturated rings. The molecule has 1 rings (SSSR count). The number of allylic oxidation sites excluding steroid dienone is 1. The predicted octanol–water partition coefficient (Wildman–Crippen LogP) is -0.619. The minimum atomic E-state index is -0.674. The molecule has 44 valence electrons. The zero-order valence-electron chi connectivity index (χ0n) is 4.29. The van der Waals surface area contributed by atoms with Gasteiger partial charge in [-0.1, -0.05) is 0 Å². The van der Waals surface area contributed by atoms with E-state index in [0.29, 0.717) is 0 Å². The van der Waals surface area contributed by atoms with Crippen LogP contribution in [0.3, 0.4) is 0 Å². The van der Waals surface area contributed by atoms with E-state index in [4.69, 9.17) is 5.11 Å². The smallest absolute Gasteiger partial charge is 0.161 e. The first-order chi connectivity index (χ1) is 3.79. The zero-order valence-corrected chi connectivity index (χ0v) is 4.29. The summed E-state index contributed by atoms with van der Waals surface area (Å²) >= 11 is 0. The fourth-order valence-corrected chi connectivity index (χ4v) is 0.570. The summed E-state index contributed by atoms with van der Waals surface area (Å²) in [4.78, 5) is 10.4. The number of aliphatic hydroxyl groups excluding tert-OH is 1. The van der Waals surface area contributed by atoms with Gasteiger partial charge < -0.3 is 10.4 Å². The van der Waals surface area contributed by atoms with Crippen molar-refractivity contribution in [3.63, 3.8) is 0 Å². The van der Waals surface area contributed by atoms with Crippen molar-refractivity contribution in [1.29, 1.82) is 0 Å². The molecule has 0 radical (unpaired) electrons. The zero-order chi connectivity index (χ0) is 5.98. The number of ketones is 1. The molecule has 1 aliphatic rings. The van der Waals surface area contributed by atoms with Crippen LogP contribution in [0.2, 0.25) is 0 Å². The van der Waals surface area contributed by atoms with Crippen molar-refractivity contribution in [2.24, 2.45) is 0 Å². The molecule has 3 heteroatoms. The van der Waals surface area contributed by atoms with E-state index in [-0.39, 0.29) is 12.2 Å². The summed E-state index contributed by atoms with van der Waals surface area (Å²) in [7, 11) is 0. The summed E-state index contributed by atoms with van der Waals surface area (Å²) in [6, 6.07) is 0. The Morgan fingerprint density at radius 2 is 2.62 bits per heavy atom. The third kappa shape index (κ3) is 1.07. The highest BCUT2D eigenvalue weighted by Crippen LogP contribution is 1.95. The van der Waals surface area contributed by atoms with Gasteiger partial charge in [-0.15, -0.1) is 0 Å². The first kappa shape index (κ1) is 5.31. The fourth-order valence-electron chi connectivity index (χ4n) is 0.570. The summed E-state index contributed by atoms with van der Waals surface area (Å²) in [6.07, 6.45) is 2.38. The molecule has 0 bridgehead atoms. The summed E-state index contributed by atoms with van der Waals surface area (Å²) < 4.78 is 0. The monoisotopic (exact) mass is 113 g/mol. The second kappa shape index (κ2) is 1.96. The van der Waals surface area contributed by atoms with Gasteiger partial charge in [-0.2, -0.15) is 0 Å². The number of aliphatic hydroxyl groups is 1. The van der Waals surface area contributed by atoms with Crippen LogP contribution in [0.5, 0.6) is 0 Å². The van der Waals surface area contributed by atoms with E-state index in [1.807, 2.05) is 0 Å². The normalized spacial score (nSPS) is 27.6. The molecule has 3 nitrogen and oxygen atoms in total. The van der Waals surface area contributed by atoms with E-state index >= 15 is 0 Å². The van der Waals surface area contributed by atoms with Crippen molar-refractivity contribution in [2.45, 2.75) is 12.6 Å². The first-order valence-corrected chi connectivity index (χ1v) is 2.42. The number of hydrogen-bond donors (Lipinski definition) is 2. The molecular formula is C5H7NO2. The Morgan fingerprint density at radius 1 is 1.88 bits per heavy atom. The van der Waals surface area contributed by atoms with E-state index in [9.17, 15) is 4.79 Å². The molecule has 1 heterocycles. The lowest BCUT2D eigenvalue weighted by atomic mass is 10.2. The lowest BCUT2D eigenvalue weighted by Crippen LogP contribution is -2.29. The Labute approximate surface area is 47.0 Å². The molecule has 2 N–H and O–H groups in total. The molecule has 0 amide bonds. The molecule has 0 aromatic rings. The number of nitrogens with one attached hydrogen (secondary N) is 1. The summed E-state index contributed by atoms with van der Waals surface area (Å²) in [5, 5.41) is 11.3. The molecular weight excluding hydrogens is 106 g/mol. The predicted molar refractivity (Wildman–Crippen MR) is 27.9 cm³/mol. The molecule has 0 spiro atoms. The third-order valence-corrected chi connectivity index (χ3v) is 0.952. The van der Waals surface area contributed by atoms with Gasteiger partial charge in [0.25, 0.3) is 0 Å². The Hall–Kier alpha value is -0.830. The molecule has 8 heavy (non-hydrogen) atoms. The lowest BCUT2D eigenvalue weighted by Gasteiger charge is -2.11. The highest BCUT2D eigenvalue weighted by Gasteiger charge is 2.09. The van der Waals surface area contributed by atoms with Gasteiger partial charge in [-0.05, 0) is 6.08 Å². The van der Waals surface area contributed by atoms with Crippen molar-refractivity contribution >= 4 is 5.78 Å². The van der Waals surface area contributed by atoms with Crippen molar-refractivity contribution in [2.75, 3.05) is 0 Å². The largest absolute Gasteiger partial charge is 0.373 e. The van der Waals surface area contributed by atoms with Crippen LogP contribution in [0.1, 0.15) is 6.42 Å². The minimum Gasteiger partial charge on any atom is -0.373 e. The lowest BCUT2D eigenvalue weighted by molar-refractivity contribution is -0.117. The van der Waals surface area contributed by atoms with Crippen molar-refractivity contribution in [3.8, 4) is 0 Å². The number of carbonyl (C=O) groups excluding carboxylic acids is 1. The standard InChI is InChI=1S/C5H7NO2/c7-4-1-2-6-5(8)3-4/h1-2,5-6,8H,3H2. The maximum Gasteiger partial charge on any atom is 0.161 e. The van der Waals surface area contributed by atoms with Crippen LogP contribution in [0.15, 0.2) is 12.3 Å². The van der Waals surface area contributed by atoms with Crippen LogP contribution < -0.4 is 5.32 Å². The Morgan fingerprint density at radius 3 is 3.00 bits per heavy atom. The van der Waals surface area contributed by atoms with Gasteiger partial charge in [0, 0.05) is 6.20 Å². The maximum absolute atomic E-state index is 10.4. The third-order valence-electron chi connectivity index (χ3n) is 0.952. The van der Waals surface area contributed by atoms with Gasteiger partial charge in [-0.25, -0.2) is 0 Å². The van der Waals surface area contributed by atoms with Gasteiger partial charge in [0.2, 0.25) is 0 Å². The van der Waals surface area contributed by atoms with Crippen LogP contribution in [-0.2, 0) is 4.79 Å². The highest BCUT2D eigenvalue weighted by molar-refractivity contribution is 5.90. The molecule has 1 aliphatic heterocycles. The van der Waals surface area contributed by atoms with Gasteiger partial charge in [0.15, 0.2) is 5.78 Å². The molecule has 0 aliphatic carbocycles. The second-order valence-corrected chi connectivity index (χ2v) is 1.69. The van der Waals surface area contributed by atoms with Gasteiger partial charge in [0.1, 0.15) is 6.23 Å². The van der Waals surface area contributed by atoms with Crippen LogP contribution in [0.25, 0.3) is 0 Å². The first-order valence-electron chi connectivity index (χ1n) is 2.42. The summed E-state index contributed by atoms with van der Waals surface area (Å²) in [5.41, 5.74) is 0. The average molecular weight is 113 g/mol. The van der Waals surface area contributed by atoms with Crippen molar-refractivity contribution in [1.82, 2.24) is 5.32 Å². The van der Waals surface area contributed by atoms with Crippen LogP contribution in [0.4, 0.5) is 0 Å². The van der Waals surface area contributed by atoms with Gasteiger partial charge >= 0.3 is 0 Å². The summed E-state index contributed by atoms with van der Waals surface area (Å²) in [5.74, 6) is -0.0312. The SMILES string of the molecule is O=C1C=CNC(O)C1. The van der Waals surface area contributed by atoms with E-state index in [1.165, 1.54) is 12.3 Å². The number of carbonyl (C=O) groups is 1. The molecule has 0 saturated carbocycles. The Balaban J connectivity index is 2.54.